The smallest absolute Gasteiger partial charge is 0.274 e. The zero-order valence-corrected chi connectivity index (χ0v) is 15.0. The molecule has 0 aliphatic carbocycles. The van der Waals surface area contributed by atoms with Crippen molar-refractivity contribution in [3.05, 3.63) is 94.9 Å². The number of carbonyl (C=O) groups excluding carboxylic acids is 1. The predicted octanol–water partition coefficient (Wildman–Crippen LogP) is 4.47. The van der Waals surface area contributed by atoms with Crippen molar-refractivity contribution in [2.24, 2.45) is 5.10 Å². The second kappa shape index (κ2) is 8.30. The molecule has 3 rings (SSSR count). The Kier molecular flexibility index (Phi) is 5.64. The maximum atomic E-state index is 12.4. The van der Waals surface area contributed by atoms with Gasteiger partial charge in [-0.2, -0.15) is 5.10 Å². The van der Waals surface area contributed by atoms with Gasteiger partial charge < -0.3 is 4.42 Å². The number of nitrogens with one attached hydrogen (secondary N) is 1. The van der Waals surface area contributed by atoms with Crippen molar-refractivity contribution in [1.29, 1.82) is 0 Å². The second-order valence-corrected chi connectivity index (χ2v) is 6.27. The lowest BCUT2D eigenvalue weighted by molar-refractivity contribution is 0.0953. The van der Waals surface area contributed by atoms with Gasteiger partial charge in [0.05, 0.1) is 5.56 Å². The number of benzene rings is 2. The highest BCUT2D eigenvalue weighted by atomic mass is 16.3. The van der Waals surface area contributed by atoms with E-state index in [4.69, 9.17) is 4.42 Å². The highest BCUT2D eigenvalue weighted by Gasteiger charge is 2.13. The summed E-state index contributed by atoms with van der Waals surface area (Å²) >= 11 is 0. The first-order chi connectivity index (χ1) is 12.6. The SMILES string of the molecule is Cc1cc(C(=O)NN=C(Cc2ccccc2)Cc2ccccc2)c(C)o1. The Bertz CT molecular complexity index is 853. The summed E-state index contributed by atoms with van der Waals surface area (Å²) in [5.74, 6) is 1.06. The van der Waals surface area contributed by atoms with Crippen LogP contribution in [0.3, 0.4) is 0 Å². The largest absolute Gasteiger partial charge is 0.466 e. The molecule has 4 heteroatoms. The lowest BCUT2D eigenvalue weighted by Gasteiger charge is -2.08. The van der Waals surface area contributed by atoms with Crippen LogP contribution >= 0.6 is 0 Å². The number of hydrogen-bond acceptors (Lipinski definition) is 3. The van der Waals surface area contributed by atoms with Crippen LogP contribution in [0, 0.1) is 13.8 Å². The predicted molar refractivity (Wildman–Crippen MR) is 103 cm³/mol. The van der Waals surface area contributed by atoms with Gasteiger partial charge in [0, 0.05) is 18.6 Å². The fraction of sp³-hybridized carbons (Fsp3) is 0.182. The van der Waals surface area contributed by atoms with Crippen molar-refractivity contribution in [2.45, 2.75) is 26.7 Å². The Morgan fingerprint density at radius 1 is 0.923 bits per heavy atom. The highest BCUT2D eigenvalue weighted by Crippen LogP contribution is 2.13. The molecule has 0 aliphatic rings. The summed E-state index contributed by atoms with van der Waals surface area (Å²) in [5, 5.41) is 4.42. The Balaban J connectivity index is 1.78. The van der Waals surface area contributed by atoms with Gasteiger partial charge in [-0.15, -0.1) is 0 Å². The van der Waals surface area contributed by atoms with E-state index in [1.165, 1.54) is 0 Å². The number of furan rings is 1. The van der Waals surface area contributed by atoms with Crippen LogP contribution in [0.1, 0.15) is 33.0 Å². The van der Waals surface area contributed by atoms with Crippen molar-refractivity contribution in [3.8, 4) is 0 Å². The molecule has 1 N–H and O–H groups in total. The van der Waals surface area contributed by atoms with Crippen LogP contribution in [0.25, 0.3) is 0 Å². The zero-order valence-electron chi connectivity index (χ0n) is 15.0. The molecule has 1 amide bonds. The van der Waals surface area contributed by atoms with Crippen molar-refractivity contribution < 1.29 is 9.21 Å². The summed E-state index contributed by atoms with van der Waals surface area (Å²) in [5.41, 5.74) is 6.42. The molecule has 26 heavy (non-hydrogen) atoms. The number of amides is 1. The van der Waals surface area contributed by atoms with Gasteiger partial charge in [-0.05, 0) is 31.0 Å². The van der Waals surface area contributed by atoms with Crippen LogP contribution in [0.15, 0.2) is 76.2 Å². The van der Waals surface area contributed by atoms with Crippen molar-refractivity contribution >= 4 is 11.6 Å². The number of nitrogens with zero attached hydrogens (tertiary/aromatic N) is 1. The molecule has 0 atom stereocenters. The van der Waals surface area contributed by atoms with E-state index in [1.807, 2.05) is 43.3 Å². The Hall–Kier alpha value is -3.14. The summed E-state index contributed by atoms with van der Waals surface area (Å²) in [6, 6.07) is 22.0. The van der Waals surface area contributed by atoms with E-state index >= 15 is 0 Å². The molecule has 0 unspecified atom stereocenters. The quantitative estimate of drug-likeness (QED) is 0.529. The topological polar surface area (TPSA) is 54.6 Å². The van der Waals surface area contributed by atoms with Crippen LogP contribution in [0.4, 0.5) is 0 Å². The summed E-state index contributed by atoms with van der Waals surface area (Å²) in [4.78, 5) is 12.4. The van der Waals surface area contributed by atoms with Crippen molar-refractivity contribution in [2.75, 3.05) is 0 Å². The first-order valence-electron chi connectivity index (χ1n) is 8.62. The number of rotatable bonds is 6. The standard InChI is InChI=1S/C22H22N2O2/c1-16-13-21(17(2)26-16)22(25)24-23-20(14-18-9-5-3-6-10-18)15-19-11-7-4-8-12-19/h3-13H,14-15H2,1-2H3,(H,24,25). The summed E-state index contributed by atoms with van der Waals surface area (Å²) in [6.45, 7) is 3.60. The van der Waals surface area contributed by atoms with Gasteiger partial charge in [-0.25, -0.2) is 5.43 Å². The van der Waals surface area contributed by atoms with Gasteiger partial charge in [0.1, 0.15) is 11.5 Å². The average molecular weight is 346 g/mol. The fourth-order valence-corrected chi connectivity index (χ4v) is 2.85. The van der Waals surface area contributed by atoms with E-state index in [2.05, 4.69) is 34.8 Å². The number of hydrogen-bond donors (Lipinski definition) is 1. The molecule has 4 nitrogen and oxygen atoms in total. The van der Waals surface area contributed by atoms with E-state index in [0.717, 1.165) is 16.8 Å². The van der Waals surface area contributed by atoms with Gasteiger partial charge in [-0.3, -0.25) is 4.79 Å². The molecule has 0 bridgehead atoms. The Morgan fingerprint density at radius 2 is 1.46 bits per heavy atom. The van der Waals surface area contributed by atoms with Crippen molar-refractivity contribution in [3.63, 3.8) is 0 Å². The van der Waals surface area contributed by atoms with E-state index in [0.29, 0.717) is 29.9 Å². The maximum absolute atomic E-state index is 12.4. The van der Waals surface area contributed by atoms with Crippen molar-refractivity contribution in [1.82, 2.24) is 5.43 Å². The third-order valence-corrected chi connectivity index (χ3v) is 4.10. The van der Waals surface area contributed by atoms with E-state index in [-0.39, 0.29) is 5.91 Å². The zero-order chi connectivity index (χ0) is 18.4. The number of aryl methyl sites for hydroxylation is 2. The van der Waals surface area contributed by atoms with Gasteiger partial charge >= 0.3 is 0 Å². The van der Waals surface area contributed by atoms with E-state index in [9.17, 15) is 4.79 Å². The summed E-state index contributed by atoms with van der Waals surface area (Å²) in [6.07, 6.45) is 1.36. The average Bonchev–Trinajstić information content (AvgIpc) is 2.99. The first-order valence-corrected chi connectivity index (χ1v) is 8.62. The molecule has 1 aromatic heterocycles. The minimum atomic E-state index is -0.252. The molecule has 132 valence electrons. The fourth-order valence-electron chi connectivity index (χ4n) is 2.85. The Morgan fingerprint density at radius 3 is 1.92 bits per heavy atom. The van der Waals surface area contributed by atoms with Crippen LogP contribution in [0.5, 0.6) is 0 Å². The molecule has 0 radical (unpaired) electrons. The first kappa shape index (κ1) is 17.7. The number of carbonyl (C=O) groups is 1. The monoisotopic (exact) mass is 346 g/mol. The number of hydrazone groups is 1. The molecular weight excluding hydrogens is 324 g/mol. The minimum Gasteiger partial charge on any atom is -0.466 e. The molecule has 2 aromatic carbocycles. The molecule has 0 aliphatic heterocycles. The molecule has 3 aromatic rings. The molecule has 0 spiro atoms. The third-order valence-electron chi connectivity index (χ3n) is 4.10. The molecule has 0 fully saturated rings. The maximum Gasteiger partial charge on any atom is 0.274 e. The lowest BCUT2D eigenvalue weighted by atomic mass is 10.0. The van der Waals surface area contributed by atoms with Crippen LogP contribution in [0.2, 0.25) is 0 Å². The van der Waals surface area contributed by atoms with Gasteiger partial charge in [0.2, 0.25) is 0 Å². The minimum absolute atomic E-state index is 0.252. The molecule has 0 saturated carbocycles. The van der Waals surface area contributed by atoms with E-state index in [1.54, 1.807) is 13.0 Å². The van der Waals surface area contributed by atoms with Gasteiger partial charge in [0.25, 0.3) is 5.91 Å². The summed E-state index contributed by atoms with van der Waals surface area (Å²) < 4.78 is 5.42. The lowest BCUT2D eigenvalue weighted by Crippen LogP contribution is -2.21. The van der Waals surface area contributed by atoms with Crippen LogP contribution in [-0.4, -0.2) is 11.6 Å². The Labute approximate surface area is 153 Å². The van der Waals surface area contributed by atoms with Crippen LogP contribution in [-0.2, 0) is 12.8 Å². The molecule has 1 heterocycles. The third kappa shape index (κ3) is 4.70. The normalized spacial score (nSPS) is 10.4. The van der Waals surface area contributed by atoms with Gasteiger partial charge in [-0.1, -0.05) is 60.7 Å². The van der Waals surface area contributed by atoms with Crippen LogP contribution < -0.4 is 5.43 Å². The van der Waals surface area contributed by atoms with Gasteiger partial charge in [0.15, 0.2) is 0 Å². The summed E-state index contributed by atoms with van der Waals surface area (Å²) in [7, 11) is 0. The van der Waals surface area contributed by atoms with E-state index < -0.39 is 0 Å². The molecular formula is C22H22N2O2. The highest BCUT2D eigenvalue weighted by molar-refractivity contribution is 5.97. The second-order valence-electron chi connectivity index (χ2n) is 6.27. The molecule has 0 saturated heterocycles.